The highest BCUT2D eigenvalue weighted by Crippen LogP contribution is 2.22. The number of rotatable bonds is 3. The van der Waals surface area contributed by atoms with E-state index in [-0.39, 0.29) is 0 Å². The lowest BCUT2D eigenvalue weighted by Crippen LogP contribution is -2.58. The maximum absolute atomic E-state index is 2.77. The average molecular weight is 282 g/mol. The SMILES string of the molecule is BN1CCN(CCN2CCN(B)[Si]2(C)C)[Si]1(C)C. The van der Waals surface area contributed by atoms with E-state index in [4.69, 9.17) is 0 Å². The second-order valence-electron chi connectivity index (χ2n) is 6.81. The third kappa shape index (κ3) is 2.51. The molecule has 0 amide bonds. The summed E-state index contributed by atoms with van der Waals surface area (Å²) in [6.45, 7) is 17.6. The molecule has 4 nitrogen and oxygen atoms in total. The van der Waals surface area contributed by atoms with E-state index in [1.807, 2.05) is 0 Å². The monoisotopic (exact) mass is 282 g/mol. The standard InChI is InChI=1S/C10H28B2N4Si2/c1-17(2)13(7-9-15(17)11)5-6-14-8-10-16(12)18(14,3)4/h5-12H2,1-4H3. The van der Waals surface area contributed by atoms with E-state index in [2.05, 4.69) is 60.2 Å². The highest BCUT2D eigenvalue weighted by molar-refractivity contribution is 6.77. The molecular weight excluding hydrogens is 254 g/mol. The molecule has 8 heteroatoms. The number of nitrogens with zero attached hydrogens (tertiary/aromatic N) is 4. The van der Waals surface area contributed by atoms with E-state index in [0.717, 1.165) is 0 Å². The molecular formula is C10H28B2N4Si2. The van der Waals surface area contributed by atoms with Crippen LogP contribution in [0.25, 0.3) is 0 Å². The molecule has 0 aliphatic carbocycles. The van der Waals surface area contributed by atoms with Gasteiger partial charge >= 0.3 is 0 Å². The molecule has 2 heterocycles. The second kappa shape index (κ2) is 5.07. The topological polar surface area (TPSA) is 13.0 Å². The fourth-order valence-electron chi connectivity index (χ4n) is 3.13. The van der Waals surface area contributed by atoms with E-state index >= 15 is 0 Å². The predicted octanol–water partition coefficient (Wildman–Crippen LogP) is -1.28. The summed E-state index contributed by atoms with van der Waals surface area (Å²) >= 11 is 0. The van der Waals surface area contributed by atoms with Crippen molar-refractivity contribution in [2.45, 2.75) is 26.2 Å². The van der Waals surface area contributed by atoms with Crippen LogP contribution in [-0.2, 0) is 0 Å². The van der Waals surface area contributed by atoms with E-state index in [1.165, 1.54) is 39.3 Å². The van der Waals surface area contributed by atoms with Gasteiger partial charge in [0.25, 0.3) is 0 Å². The fourth-order valence-corrected chi connectivity index (χ4v) is 7.98. The molecule has 0 N–H and O–H groups in total. The van der Waals surface area contributed by atoms with Crippen molar-refractivity contribution in [1.29, 1.82) is 0 Å². The molecule has 0 aromatic carbocycles. The van der Waals surface area contributed by atoms with Crippen molar-refractivity contribution in [2.75, 3.05) is 39.3 Å². The highest BCUT2D eigenvalue weighted by Gasteiger charge is 2.42. The van der Waals surface area contributed by atoms with Gasteiger partial charge in [0.2, 0.25) is 0 Å². The zero-order valence-corrected chi connectivity index (χ0v) is 15.0. The van der Waals surface area contributed by atoms with Gasteiger partial charge in [0.1, 0.15) is 0 Å². The van der Waals surface area contributed by atoms with Gasteiger partial charge < -0.3 is 18.1 Å². The van der Waals surface area contributed by atoms with Crippen LogP contribution in [0.3, 0.4) is 0 Å². The van der Waals surface area contributed by atoms with E-state index < -0.39 is 16.8 Å². The molecule has 0 radical (unpaired) electrons. The molecule has 0 atom stereocenters. The lowest BCUT2D eigenvalue weighted by Gasteiger charge is -2.38. The molecule has 0 aromatic rings. The second-order valence-corrected chi connectivity index (χ2v) is 15.6. The van der Waals surface area contributed by atoms with Gasteiger partial charge in [0, 0.05) is 26.2 Å². The minimum Gasteiger partial charge on any atom is -0.358 e. The lowest BCUT2D eigenvalue weighted by atomic mass is 10.4. The van der Waals surface area contributed by atoms with Crippen molar-refractivity contribution in [3.05, 3.63) is 0 Å². The van der Waals surface area contributed by atoms with Gasteiger partial charge in [0.15, 0.2) is 32.8 Å². The van der Waals surface area contributed by atoms with Crippen LogP contribution in [0.15, 0.2) is 0 Å². The lowest BCUT2D eigenvalue weighted by molar-refractivity contribution is 0.379. The Morgan fingerprint density at radius 2 is 1.06 bits per heavy atom. The Balaban J connectivity index is 1.90. The van der Waals surface area contributed by atoms with Crippen LogP contribution in [0, 0.1) is 0 Å². The third-order valence-corrected chi connectivity index (χ3v) is 13.6. The van der Waals surface area contributed by atoms with Gasteiger partial charge in [-0.3, -0.25) is 0 Å². The first-order valence-electron chi connectivity index (χ1n) is 7.19. The molecule has 0 spiro atoms. The molecule has 2 saturated heterocycles. The third-order valence-electron chi connectivity index (χ3n) is 5.47. The number of hydrogen-bond donors (Lipinski definition) is 0. The summed E-state index contributed by atoms with van der Waals surface area (Å²) in [5.41, 5.74) is 0. The molecule has 2 aliphatic heterocycles. The zero-order chi connectivity index (χ0) is 13.6. The minimum atomic E-state index is -1.27. The molecule has 0 unspecified atom stereocenters. The van der Waals surface area contributed by atoms with Crippen LogP contribution < -0.4 is 0 Å². The van der Waals surface area contributed by atoms with Gasteiger partial charge in [0.05, 0.1) is 0 Å². The Labute approximate surface area is 116 Å². The molecule has 0 bridgehead atoms. The van der Waals surface area contributed by atoms with E-state index in [1.54, 1.807) is 0 Å². The highest BCUT2D eigenvalue weighted by atomic mass is 28.4. The summed E-state index contributed by atoms with van der Waals surface area (Å²) < 4.78 is 10.8. The maximum Gasteiger partial charge on any atom is 0.189 e. The molecule has 102 valence electrons. The van der Waals surface area contributed by atoms with Gasteiger partial charge in [-0.05, 0) is 39.3 Å². The molecule has 2 aliphatic rings. The van der Waals surface area contributed by atoms with Crippen molar-refractivity contribution in [3.63, 3.8) is 0 Å². The summed E-state index contributed by atoms with van der Waals surface area (Å²) in [5.74, 6) is 0. The Morgan fingerprint density at radius 3 is 1.28 bits per heavy atom. The minimum absolute atomic E-state index is 1.26. The summed E-state index contributed by atoms with van der Waals surface area (Å²) in [7, 11) is 2.07. The molecule has 0 aromatic heterocycles. The first-order valence-corrected chi connectivity index (χ1v) is 13.0. The Hall–Kier alpha value is 0.404. The maximum atomic E-state index is 2.77. The van der Waals surface area contributed by atoms with Crippen LogP contribution >= 0.6 is 0 Å². The fraction of sp³-hybridized carbons (Fsp3) is 1.00. The van der Waals surface area contributed by atoms with Crippen LogP contribution in [0.5, 0.6) is 0 Å². The van der Waals surface area contributed by atoms with Crippen molar-refractivity contribution >= 4 is 32.8 Å². The van der Waals surface area contributed by atoms with E-state index in [0.29, 0.717) is 0 Å². The number of hydrogen-bond acceptors (Lipinski definition) is 4. The summed E-state index contributed by atoms with van der Waals surface area (Å²) in [6.07, 6.45) is 0. The normalized spacial score (nSPS) is 30.2. The Bertz CT molecular complexity index is 286. The molecule has 0 saturated carbocycles. The Kier molecular flexibility index (Phi) is 4.17. The first-order chi connectivity index (χ1) is 8.26. The van der Waals surface area contributed by atoms with Gasteiger partial charge in [-0.15, -0.1) is 0 Å². The van der Waals surface area contributed by atoms with Crippen LogP contribution in [0.4, 0.5) is 0 Å². The van der Waals surface area contributed by atoms with Crippen molar-refractivity contribution < 1.29 is 0 Å². The van der Waals surface area contributed by atoms with Crippen molar-refractivity contribution in [3.8, 4) is 0 Å². The van der Waals surface area contributed by atoms with Crippen LogP contribution in [-0.4, -0.2) is 90.1 Å². The van der Waals surface area contributed by atoms with Crippen molar-refractivity contribution in [2.24, 2.45) is 0 Å². The molecule has 2 rings (SSSR count). The summed E-state index contributed by atoms with van der Waals surface area (Å²) in [6, 6.07) is 0. The van der Waals surface area contributed by atoms with E-state index in [9.17, 15) is 0 Å². The van der Waals surface area contributed by atoms with Gasteiger partial charge in [-0.1, -0.05) is 0 Å². The average Bonchev–Trinajstić information content (AvgIpc) is 2.67. The van der Waals surface area contributed by atoms with Crippen LogP contribution in [0.2, 0.25) is 26.2 Å². The molecule has 18 heavy (non-hydrogen) atoms. The predicted molar refractivity (Wildman–Crippen MR) is 88.6 cm³/mol. The van der Waals surface area contributed by atoms with Gasteiger partial charge in [-0.2, -0.15) is 0 Å². The largest absolute Gasteiger partial charge is 0.358 e. The Morgan fingerprint density at radius 1 is 0.722 bits per heavy atom. The summed E-state index contributed by atoms with van der Waals surface area (Å²) in [5, 5.41) is 0. The van der Waals surface area contributed by atoms with Gasteiger partial charge in [-0.25, -0.2) is 0 Å². The smallest absolute Gasteiger partial charge is 0.189 e. The zero-order valence-electron chi connectivity index (χ0n) is 13.0. The van der Waals surface area contributed by atoms with Crippen LogP contribution in [0.1, 0.15) is 0 Å². The quantitative estimate of drug-likeness (QED) is 0.598. The summed E-state index contributed by atoms with van der Waals surface area (Å²) in [4.78, 5) is 0. The van der Waals surface area contributed by atoms with Crippen molar-refractivity contribution in [1.82, 2.24) is 18.1 Å². The molecule has 2 fully saturated rings. The first kappa shape index (κ1) is 14.8.